The van der Waals surface area contributed by atoms with Crippen LogP contribution in [0.2, 0.25) is 0 Å². The Balaban J connectivity index is 2.30. The Morgan fingerprint density at radius 1 is 1.33 bits per heavy atom. The number of piperazine rings is 1. The lowest BCUT2D eigenvalue weighted by Gasteiger charge is -2.31. The first-order valence-electron chi connectivity index (χ1n) is 4.09. The second-order valence-corrected chi connectivity index (χ2v) is 3.06. The average Bonchev–Trinajstić information content (AvgIpc) is 2.03. The van der Waals surface area contributed by atoms with Crippen molar-refractivity contribution < 1.29 is 4.79 Å². The molecule has 0 N–H and O–H groups in total. The molecule has 1 saturated heterocycles. The Morgan fingerprint density at radius 2 is 1.92 bits per heavy atom. The summed E-state index contributed by atoms with van der Waals surface area (Å²) in [6.45, 7) is 9.01. The molecule has 1 rings (SSSR count). The van der Waals surface area contributed by atoms with Crippen LogP contribution < -0.4 is 0 Å². The number of rotatable bonds is 2. The summed E-state index contributed by atoms with van der Waals surface area (Å²) >= 11 is 0. The van der Waals surface area contributed by atoms with Gasteiger partial charge in [0.25, 0.3) is 0 Å². The maximum atomic E-state index is 10.4. The van der Waals surface area contributed by atoms with Gasteiger partial charge in [0.2, 0.25) is 0 Å². The highest BCUT2D eigenvalue weighted by Crippen LogP contribution is 1.98. The molecule has 1 aliphatic rings. The predicted octanol–water partition coefficient (Wildman–Crippen LogP) is 0.0277. The Labute approximate surface area is 73.6 Å². The van der Waals surface area contributed by atoms with Gasteiger partial charge in [-0.3, -0.25) is 4.79 Å². The van der Waals surface area contributed by atoms with E-state index in [1.165, 1.54) is 6.08 Å². The molecule has 0 bridgehead atoms. The van der Waals surface area contributed by atoms with Crippen molar-refractivity contribution in [2.75, 3.05) is 33.2 Å². The summed E-state index contributed by atoms with van der Waals surface area (Å²) in [5.74, 6) is -0.381. The van der Waals surface area contributed by atoms with Crippen LogP contribution in [0.5, 0.6) is 0 Å². The molecule has 0 aromatic heterocycles. The van der Waals surface area contributed by atoms with Crippen molar-refractivity contribution in [3.63, 3.8) is 0 Å². The number of nitrogens with zero attached hydrogens (tertiary/aromatic N) is 2. The molecule has 1 heterocycles. The zero-order valence-corrected chi connectivity index (χ0v) is 7.36. The van der Waals surface area contributed by atoms with Gasteiger partial charge in [-0.1, -0.05) is 0 Å². The predicted molar refractivity (Wildman–Crippen MR) is 47.5 cm³/mol. The summed E-state index contributed by atoms with van der Waals surface area (Å²) in [7, 11) is 2.09. The number of ketones is 1. The summed E-state index contributed by atoms with van der Waals surface area (Å²) in [6.07, 6.45) is 3.18. The molecule has 1 fully saturated rings. The smallest absolute Gasteiger partial charge is 0.161 e. The van der Waals surface area contributed by atoms with E-state index in [1.807, 2.05) is 0 Å². The third-order valence-electron chi connectivity index (χ3n) is 1.99. The van der Waals surface area contributed by atoms with Gasteiger partial charge in [-0.25, -0.2) is 0 Å². The van der Waals surface area contributed by atoms with Crippen molar-refractivity contribution in [2.24, 2.45) is 0 Å². The van der Waals surface area contributed by atoms with Gasteiger partial charge in [-0.05, 0) is 13.1 Å². The molecule has 3 nitrogen and oxygen atoms in total. The number of likely N-dealkylation sites (N-methyl/N-ethyl adjacent to an activating group) is 1. The minimum absolute atomic E-state index is 0.381. The molecule has 1 aliphatic heterocycles. The van der Waals surface area contributed by atoms with Crippen LogP contribution in [0.15, 0.2) is 12.3 Å². The van der Waals surface area contributed by atoms with E-state index in [4.69, 9.17) is 6.92 Å². The molecule has 0 aromatic carbocycles. The van der Waals surface area contributed by atoms with Gasteiger partial charge >= 0.3 is 0 Å². The van der Waals surface area contributed by atoms with E-state index in [2.05, 4.69) is 16.8 Å². The lowest BCUT2D eigenvalue weighted by atomic mass is 10.3. The topological polar surface area (TPSA) is 23.6 Å². The molecule has 0 spiro atoms. The molecular weight excluding hydrogens is 152 g/mol. The first-order valence-corrected chi connectivity index (χ1v) is 4.09. The Kier molecular flexibility index (Phi) is 3.29. The van der Waals surface area contributed by atoms with Gasteiger partial charge in [-0.2, -0.15) is 0 Å². The SMILES string of the molecule is [CH]C(=O)/C=C/N1CCN(C)CC1. The van der Waals surface area contributed by atoms with E-state index in [0.717, 1.165) is 26.2 Å². The maximum absolute atomic E-state index is 10.4. The second-order valence-electron chi connectivity index (χ2n) is 3.06. The minimum Gasteiger partial charge on any atom is -0.375 e. The number of hydrogen-bond donors (Lipinski definition) is 0. The van der Waals surface area contributed by atoms with Crippen molar-refractivity contribution in [3.05, 3.63) is 19.2 Å². The fourth-order valence-electron chi connectivity index (χ4n) is 1.15. The third-order valence-corrected chi connectivity index (χ3v) is 1.99. The highest BCUT2D eigenvalue weighted by atomic mass is 16.1. The molecule has 0 aliphatic carbocycles. The van der Waals surface area contributed by atoms with E-state index in [9.17, 15) is 4.79 Å². The molecule has 3 heteroatoms. The number of carbonyl (C=O) groups excluding carboxylic acids is 1. The van der Waals surface area contributed by atoms with Crippen LogP contribution in [0.4, 0.5) is 0 Å². The van der Waals surface area contributed by atoms with E-state index in [0.29, 0.717) is 0 Å². The summed E-state index contributed by atoms with van der Waals surface area (Å²) in [6, 6.07) is 0. The van der Waals surface area contributed by atoms with Crippen molar-refractivity contribution in [1.82, 2.24) is 9.80 Å². The zero-order valence-electron chi connectivity index (χ0n) is 7.36. The van der Waals surface area contributed by atoms with Crippen molar-refractivity contribution >= 4 is 5.78 Å². The van der Waals surface area contributed by atoms with Gasteiger partial charge in [-0.15, -0.1) is 0 Å². The molecule has 0 unspecified atom stereocenters. The highest BCUT2D eigenvalue weighted by molar-refractivity contribution is 5.93. The minimum atomic E-state index is -0.381. The largest absolute Gasteiger partial charge is 0.375 e. The molecule has 66 valence electrons. The van der Waals surface area contributed by atoms with Crippen molar-refractivity contribution in [1.29, 1.82) is 0 Å². The number of allylic oxidation sites excluding steroid dienone is 1. The fourth-order valence-corrected chi connectivity index (χ4v) is 1.15. The maximum Gasteiger partial charge on any atom is 0.161 e. The van der Waals surface area contributed by atoms with Crippen LogP contribution in [0.1, 0.15) is 0 Å². The molecule has 0 atom stereocenters. The van der Waals surface area contributed by atoms with Crippen LogP contribution >= 0.6 is 0 Å². The first-order chi connectivity index (χ1) is 5.68. The average molecular weight is 166 g/mol. The van der Waals surface area contributed by atoms with Crippen LogP contribution in [0.3, 0.4) is 0 Å². The van der Waals surface area contributed by atoms with Crippen LogP contribution in [0, 0.1) is 6.92 Å². The fraction of sp³-hybridized carbons (Fsp3) is 0.556. The standard InChI is InChI=1S/C9H14N2O/c1-9(12)3-4-11-7-5-10(2)6-8-11/h1,3-4H,5-8H2,2H3/b4-3+. The lowest BCUT2D eigenvalue weighted by molar-refractivity contribution is -0.110. The molecule has 0 saturated carbocycles. The van der Waals surface area contributed by atoms with Gasteiger partial charge in [0, 0.05) is 39.3 Å². The van der Waals surface area contributed by atoms with Crippen molar-refractivity contribution in [2.45, 2.75) is 0 Å². The quantitative estimate of drug-likeness (QED) is 0.541. The lowest BCUT2D eigenvalue weighted by Crippen LogP contribution is -2.41. The van der Waals surface area contributed by atoms with E-state index < -0.39 is 0 Å². The zero-order chi connectivity index (χ0) is 8.97. The van der Waals surface area contributed by atoms with Gasteiger partial charge in [0.05, 0.1) is 0 Å². The summed E-state index contributed by atoms with van der Waals surface area (Å²) in [5.41, 5.74) is 0. The van der Waals surface area contributed by atoms with Crippen LogP contribution in [-0.2, 0) is 4.79 Å². The van der Waals surface area contributed by atoms with Crippen LogP contribution in [0.25, 0.3) is 0 Å². The second kappa shape index (κ2) is 4.26. The van der Waals surface area contributed by atoms with E-state index in [1.54, 1.807) is 6.20 Å². The van der Waals surface area contributed by atoms with Gasteiger partial charge in [0.15, 0.2) is 5.78 Å². The molecule has 12 heavy (non-hydrogen) atoms. The first kappa shape index (κ1) is 9.26. The monoisotopic (exact) mass is 166 g/mol. The molecule has 0 amide bonds. The highest BCUT2D eigenvalue weighted by Gasteiger charge is 2.09. The number of hydrogen-bond acceptors (Lipinski definition) is 3. The summed E-state index contributed by atoms with van der Waals surface area (Å²) in [4.78, 5) is 14.8. The van der Waals surface area contributed by atoms with E-state index >= 15 is 0 Å². The Hall–Kier alpha value is -0.830. The Bertz CT molecular complexity index is 181. The van der Waals surface area contributed by atoms with Crippen molar-refractivity contribution in [3.8, 4) is 0 Å². The molecule has 0 aromatic rings. The molecular formula is C9H14N2O. The molecule has 2 radical (unpaired) electrons. The Morgan fingerprint density at radius 3 is 2.42 bits per heavy atom. The van der Waals surface area contributed by atoms with E-state index in [-0.39, 0.29) is 5.78 Å². The third kappa shape index (κ3) is 3.05. The van der Waals surface area contributed by atoms with Gasteiger partial charge in [0.1, 0.15) is 0 Å². The van der Waals surface area contributed by atoms with Crippen LogP contribution in [-0.4, -0.2) is 48.8 Å². The van der Waals surface area contributed by atoms with Gasteiger partial charge < -0.3 is 9.80 Å². The summed E-state index contributed by atoms with van der Waals surface area (Å²) in [5, 5.41) is 0. The normalized spacial score (nSPS) is 20.3. The summed E-state index contributed by atoms with van der Waals surface area (Å²) < 4.78 is 0. The number of carbonyl (C=O) groups is 1.